The molecule has 8 nitrogen and oxygen atoms in total. The van der Waals surface area contributed by atoms with Crippen LogP contribution in [0.15, 0.2) is 82.1 Å². The lowest BCUT2D eigenvalue weighted by atomic mass is 9.91. The maximum Gasteiger partial charge on any atom is 0.278 e. The van der Waals surface area contributed by atoms with Crippen molar-refractivity contribution in [1.82, 2.24) is 9.58 Å². The van der Waals surface area contributed by atoms with Crippen molar-refractivity contribution in [2.45, 2.75) is 12.2 Å². The lowest BCUT2D eigenvalue weighted by Gasteiger charge is -2.51. The van der Waals surface area contributed by atoms with Gasteiger partial charge in [0.2, 0.25) is 5.43 Å². The first kappa shape index (κ1) is 23.9. The number of rotatable bonds is 1. The van der Waals surface area contributed by atoms with E-state index in [4.69, 9.17) is 9.15 Å². The molecule has 8 rings (SSSR count). The number of benzene rings is 3. The second-order valence-corrected chi connectivity index (χ2v) is 10.3. The summed E-state index contributed by atoms with van der Waals surface area (Å²) in [5.74, 6) is -2.85. The van der Waals surface area contributed by atoms with Crippen molar-refractivity contribution in [2.75, 3.05) is 24.8 Å². The van der Waals surface area contributed by atoms with Crippen LogP contribution in [-0.2, 0) is 4.74 Å². The number of carbonyl (C=O) groups is 1. The second-order valence-electron chi connectivity index (χ2n) is 10.3. The average molecular weight is 554 g/mol. The summed E-state index contributed by atoms with van der Waals surface area (Å²) in [6, 6.07) is 17.6. The molecule has 10 heteroatoms. The topological polar surface area (TPSA) is 88.2 Å². The van der Waals surface area contributed by atoms with Gasteiger partial charge >= 0.3 is 0 Å². The summed E-state index contributed by atoms with van der Waals surface area (Å²) in [5.41, 5.74) is 1.87. The second kappa shape index (κ2) is 8.52. The molecular formula is C31H21F2N3O5. The van der Waals surface area contributed by atoms with Gasteiger partial charge in [-0.15, -0.1) is 0 Å². The van der Waals surface area contributed by atoms with Crippen LogP contribution in [-0.4, -0.2) is 46.5 Å². The van der Waals surface area contributed by atoms with E-state index in [1.165, 1.54) is 21.8 Å². The van der Waals surface area contributed by atoms with E-state index in [1.807, 2.05) is 42.5 Å². The molecule has 0 spiro atoms. The van der Waals surface area contributed by atoms with Gasteiger partial charge in [0.05, 0.1) is 19.3 Å². The van der Waals surface area contributed by atoms with Crippen molar-refractivity contribution in [3.8, 4) is 28.2 Å². The smallest absolute Gasteiger partial charge is 0.278 e. The SMILES string of the molecule is O=C1c2c(O)c(=O)ccn2N(C2c3ccccc3-c3oc4ccccc4c3-c3c2ccc(F)c3F)C2COCCN12. The third kappa shape index (κ3) is 3.16. The molecule has 0 saturated carbocycles. The number of morpholine rings is 1. The Hall–Kier alpha value is -4.96. The van der Waals surface area contributed by atoms with E-state index >= 15 is 8.78 Å². The minimum absolute atomic E-state index is 0.0399. The van der Waals surface area contributed by atoms with E-state index < -0.39 is 40.9 Å². The molecule has 2 aliphatic heterocycles. The maximum atomic E-state index is 16.1. The summed E-state index contributed by atoms with van der Waals surface area (Å²) in [6.07, 6.45) is 0.729. The van der Waals surface area contributed by atoms with E-state index in [2.05, 4.69) is 0 Å². The fourth-order valence-electron chi connectivity index (χ4n) is 6.46. The van der Waals surface area contributed by atoms with Gasteiger partial charge in [-0.2, -0.15) is 0 Å². The Morgan fingerprint density at radius 1 is 0.902 bits per heavy atom. The van der Waals surface area contributed by atoms with E-state index in [9.17, 15) is 14.7 Å². The minimum atomic E-state index is -1.03. The average Bonchev–Trinajstić information content (AvgIpc) is 3.32. The molecule has 3 aliphatic rings. The molecule has 41 heavy (non-hydrogen) atoms. The highest BCUT2D eigenvalue weighted by Crippen LogP contribution is 2.52. The highest BCUT2D eigenvalue weighted by molar-refractivity contribution is 6.04. The molecule has 3 aromatic carbocycles. The zero-order valence-corrected chi connectivity index (χ0v) is 21.4. The fourth-order valence-corrected chi connectivity index (χ4v) is 6.46. The van der Waals surface area contributed by atoms with Gasteiger partial charge < -0.3 is 19.2 Å². The zero-order chi connectivity index (χ0) is 28.0. The normalized spacial score (nSPS) is 19.2. The Morgan fingerprint density at radius 2 is 1.71 bits per heavy atom. The van der Waals surface area contributed by atoms with Gasteiger partial charge in [-0.25, -0.2) is 8.78 Å². The van der Waals surface area contributed by atoms with Gasteiger partial charge in [0.25, 0.3) is 5.91 Å². The predicted molar refractivity (Wildman–Crippen MR) is 145 cm³/mol. The van der Waals surface area contributed by atoms with Gasteiger partial charge in [-0.1, -0.05) is 48.5 Å². The summed E-state index contributed by atoms with van der Waals surface area (Å²) >= 11 is 0. The Kier molecular flexibility index (Phi) is 4.96. The Morgan fingerprint density at radius 3 is 2.59 bits per heavy atom. The van der Waals surface area contributed by atoms with Crippen LogP contribution in [0.25, 0.3) is 33.4 Å². The van der Waals surface area contributed by atoms with E-state index in [0.29, 0.717) is 39.0 Å². The Labute approximate surface area is 231 Å². The van der Waals surface area contributed by atoms with Gasteiger partial charge in [0.1, 0.15) is 17.5 Å². The van der Waals surface area contributed by atoms with Crippen LogP contribution in [0.1, 0.15) is 27.7 Å². The van der Waals surface area contributed by atoms with E-state index in [-0.39, 0.29) is 31.0 Å². The molecule has 5 aromatic rings. The molecule has 0 bridgehead atoms. The number of hydrogen-bond acceptors (Lipinski definition) is 6. The van der Waals surface area contributed by atoms with Crippen molar-refractivity contribution in [1.29, 1.82) is 0 Å². The number of aromatic nitrogens is 1. The van der Waals surface area contributed by atoms with Crippen molar-refractivity contribution in [3.05, 3.63) is 112 Å². The summed E-state index contributed by atoms with van der Waals surface area (Å²) < 4.78 is 44.7. The number of pyridine rings is 1. The van der Waals surface area contributed by atoms with Crippen LogP contribution in [0.4, 0.5) is 8.78 Å². The molecule has 0 radical (unpaired) electrons. The monoisotopic (exact) mass is 553 g/mol. The molecule has 1 fully saturated rings. The van der Waals surface area contributed by atoms with Crippen LogP contribution < -0.4 is 10.4 Å². The quantitative estimate of drug-likeness (QED) is 0.322. The number of fused-ring (bicyclic) bond motifs is 9. The molecule has 1 saturated heterocycles. The predicted octanol–water partition coefficient (Wildman–Crippen LogP) is 4.77. The standard InChI is InChI=1S/C31H21F2N3O5/c32-20-10-9-19-24(26(20)33)25-18-7-3-4-8-22(18)41-30(25)17-6-2-1-5-16(17)27(19)36-23-15-40-14-13-34(23)31(39)28-29(38)21(37)11-12-35(28)36/h1-12,23,27,38H,13-15H2. The van der Waals surface area contributed by atoms with E-state index in [1.54, 1.807) is 17.1 Å². The van der Waals surface area contributed by atoms with Crippen LogP contribution >= 0.6 is 0 Å². The third-order valence-corrected chi connectivity index (χ3v) is 8.21. The first-order chi connectivity index (χ1) is 20.0. The van der Waals surface area contributed by atoms with Gasteiger partial charge in [0, 0.05) is 40.9 Å². The first-order valence-electron chi connectivity index (χ1n) is 13.2. The van der Waals surface area contributed by atoms with Gasteiger partial charge in [0.15, 0.2) is 23.1 Å². The number of furan rings is 1. The number of ether oxygens (including phenoxy) is 1. The molecule has 1 aliphatic carbocycles. The van der Waals surface area contributed by atoms with Crippen LogP contribution in [0, 0.1) is 11.6 Å². The van der Waals surface area contributed by atoms with Crippen molar-refractivity contribution >= 4 is 16.9 Å². The van der Waals surface area contributed by atoms with Crippen LogP contribution in [0.5, 0.6) is 5.75 Å². The minimum Gasteiger partial charge on any atom is -0.502 e. The number of para-hydroxylation sites is 1. The molecule has 1 N–H and O–H groups in total. The fraction of sp³-hybridized carbons (Fsp3) is 0.161. The molecule has 2 unspecified atom stereocenters. The van der Waals surface area contributed by atoms with Crippen molar-refractivity contribution in [2.24, 2.45) is 0 Å². The number of halogens is 2. The summed E-state index contributed by atoms with van der Waals surface area (Å²) in [5, 5.41) is 13.2. The Bertz CT molecular complexity index is 1980. The van der Waals surface area contributed by atoms with Crippen LogP contribution in [0.3, 0.4) is 0 Å². The maximum absolute atomic E-state index is 16.1. The number of carbonyl (C=O) groups excluding carboxylic acids is 1. The number of hydrogen-bond donors (Lipinski definition) is 1. The molecule has 1 amide bonds. The first-order valence-corrected chi connectivity index (χ1v) is 13.2. The van der Waals surface area contributed by atoms with Gasteiger partial charge in [-0.3, -0.25) is 19.3 Å². The summed E-state index contributed by atoms with van der Waals surface area (Å²) in [4.78, 5) is 27.6. The summed E-state index contributed by atoms with van der Waals surface area (Å²) in [7, 11) is 0. The lowest BCUT2D eigenvalue weighted by molar-refractivity contribution is -0.0196. The molecule has 2 aromatic heterocycles. The number of nitrogens with zero attached hydrogens (tertiary/aromatic N) is 3. The third-order valence-electron chi connectivity index (χ3n) is 8.21. The highest BCUT2D eigenvalue weighted by Gasteiger charge is 2.47. The molecular weight excluding hydrogens is 532 g/mol. The highest BCUT2D eigenvalue weighted by atomic mass is 19.2. The van der Waals surface area contributed by atoms with Gasteiger partial charge in [-0.05, 0) is 23.3 Å². The number of aromatic hydroxyl groups is 1. The molecule has 2 atom stereocenters. The van der Waals surface area contributed by atoms with E-state index in [0.717, 1.165) is 6.07 Å². The van der Waals surface area contributed by atoms with Crippen LogP contribution in [0.2, 0.25) is 0 Å². The molecule has 204 valence electrons. The molecule has 4 heterocycles. The lowest BCUT2D eigenvalue weighted by Crippen LogP contribution is -2.66. The zero-order valence-electron chi connectivity index (χ0n) is 21.4. The summed E-state index contributed by atoms with van der Waals surface area (Å²) in [6.45, 7) is 0.598. The van der Waals surface area contributed by atoms with Crippen molar-refractivity contribution in [3.63, 3.8) is 0 Å². The Balaban J connectivity index is 1.51. The number of amides is 1. The van der Waals surface area contributed by atoms with Crippen molar-refractivity contribution < 1.29 is 27.8 Å². The largest absolute Gasteiger partial charge is 0.502 e.